The minimum atomic E-state index is -0.559. The van der Waals surface area contributed by atoms with E-state index in [1.165, 1.54) is 25.7 Å². The molecule has 4 atom stereocenters. The van der Waals surface area contributed by atoms with Crippen LogP contribution in [0.4, 0.5) is 0 Å². The zero-order chi connectivity index (χ0) is 16.4. The lowest BCUT2D eigenvalue weighted by Gasteiger charge is -2.28. The van der Waals surface area contributed by atoms with Gasteiger partial charge in [0.05, 0.1) is 5.56 Å². The van der Waals surface area contributed by atoms with Crippen molar-refractivity contribution in [3.05, 3.63) is 29.8 Å². The fourth-order valence-electron chi connectivity index (χ4n) is 4.25. The van der Waals surface area contributed by atoms with E-state index >= 15 is 0 Å². The van der Waals surface area contributed by atoms with Crippen molar-refractivity contribution in [2.45, 2.75) is 38.6 Å². The van der Waals surface area contributed by atoms with Gasteiger partial charge in [-0.25, -0.2) is 0 Å². The Morgan fingerprint density at radius 2 is 2.09 bits per heavy atom. The van der Waals surface area contributed by atoms with E-state index in [1.807, 2.05) is 0 Å². The number of primary amides is 1. The number of para-hydroxylation sites is 1. The Kier molecular flexibility index (Phi) is 4.55. The highest BCUT2D eigenvalue weighted by atomic mass is 16.5. The number of fused-ring (bicyclic) bond motifs is 2. The molecule has 5 nitrogen and oxygen atoms in total. The second kappa shape index (κ2) is 6.60. The molecule has 2 saturated carbocycles. The monoisotopic (exact) mass is 316 g/mol. The van der Waals surface area contributed by atoms with Crippen LogP contribution in [0, 0.1) is 17.8 Å². The maximum absolute atomic E-state index is 12.1. The molecule has 124 valence electrons. The number of carbonyl (C=O) groups is 2. The SMILES string of the molecule is C[C@@H](NC(=O)COc1ccccc1C(N)=O)[C@@H]1C[C@@H]2CC[C@@H]1C2. The third kappa shape index (κ3) is 3.49. The van der Waals surface area contributed by atoms with Gasteiger partial charge in [-0.05, 0) is 56.1 Å². The first kappa shape index (κ1) is 15.8. The molecule has 2 amide bonds. The van der Waals surface area contributed by atoms with Crippen LogP contribution in [0.3, 0.4) is 0 Å². The molecule has 3 N–H and O–H groups in total. The van der Waals surface area contributed by atoms with Crippen molar-refractivity contribution in [2.75, 3.05) is 6.61 Å². The highest BCUT2D eigenvalue weighted by Gasteiger charge is 2.42. The van der Waals surface area contributed by atoms with Gasteiger partial charge in [0.2, 0.25) is 0 Å². The lowest BCUT2D eigenvalue weighted by atomic mass is 9.84. The van der Waals surface area contributed by atoms with Gasteiger partial charge in [-0.3, -0.25) is 9.59 Å². The molecule has 1 aromatic rings. The first-order chi connectivity index (χ1) is 11.0. The number of benzene rings is 1. The minimum Gasteiger partial charge on any atom is -0.483 e. The molecule has 0 radical (unpaired) electrons. The van der Waals surface area contributed by atoms with Gasteiger partial charge in [-0.15, -0.1) is 0 Å². The summed E-state index contributed by atoms with van der Waals surface area (Å²) in [7, 11) is 0. The summed E-state index contributed by atoms with van der Waals surface area (Å²) in [6.07, 6.45) is 5.22. The van der Waals surface area contributed by atoms with Crippen molar-refractivity contribution in [3.63, 3.8) is 0 Å². The summed E-state index contributed by atoms with van der Waals surface area (Å²) in [5, 5.41) is 3.05. The topological polar surface area (TPSA) is 81.4 Å². The minimum absolute atomic E-state index is 0.102. The van der Waals surface area contributed by atoms with Crippen LogP contribution in [0.2, 0.25) is 0 Å². The molecule has 5 heteroatoms. The number of hydrogen-bond acceptors (Lipinski definition) is 3. The molecule has 0 heterocycles. The standard InChI is InChI=1S/C18H24N2O3/c1-11(15-9-12-6-7-13(15)8-12)20-17(21)10-23-16-5-3-2-4-14(16)18(19)22/h2-5,11-13,15H,6-10H2,1H3,(H2,19,22)(H,20,21)/t11-,12-,13-,15+/m1/s1. The van der Waals surface area contributed by atoms with Gasteiger partial charge in [0.1, 0.15) is 5.75 Å². The Bertz CT molecular complexity index is 602. The van der Waals surface area contributed by atoms with Crippen molar-refractivity contribution in [1.29, 1.82) is 0 Å². The molecule has 3 rings (SSSR count). The number of nitrogens with two attached hydrogens (primary N) is 1. The van der Waals surface area contributed by atoms with E-state index in [0.717, 1.165) is 11.8 Å². The predicted octanol–water partition coefficient (Wildman–Crippen LogP) is 2.11. The smallest absolute Gasteiger partial charge is 0.258 e. The molecular weight excluding hydrogens is 292 g/mol. The number of amides is 2. The highest BCUT2D eigenvalue weighted by Crippen LogP contribution is 2.49. The molecule has 0 aromatic heterocycles. The maximum Gasteiger partial charge on any atom is 0.258 e. The van der Waals surface area contributed by atoms with Gasteiger partial charge < -0.3 is 15.8 Å². The molecule has 2 aliphatic carbocycles. The Morgan fingerprint density at radius 3 is 2.74 bits per heavy atom. The Morgan fingerprint density at radius 1 is 1.30 bits per heavy atom. The van der Waals surface area contributed by atoms with E-state index in [-0.39, 0.29) is 18.6 Å². The van der Waals surface area contributed by atoms with Crippen LogP contribution >= 0.6 is 0 Å². The zero-order valence-electron chi connectivity index (χ0n) is 13.5. The normalized spacial score (nSPS) is 26.7. The van der Waals surface area contributed by atoms with Crippen molar-refractivity contribution in [3.8, 4) is 5.75 Å². The van der Waals surface area contributed by atoms with Crippen LogP contribution in [0.1, 0.15) is 43.0 Å². The van der Waals surface area contributed by atoms with Crippen molar-refractivity contribution in [1.82, 2.24) is 5.32 Å². The van der Waals surface area contributed by atoms with Gasteiger partial charge in [0, 0.05) is 6.04 Å². The molecule has 1 aromatic carbocycles. The van der Waals surface area contributed by atoms with E-state index in [4.69, 9.17) is 10.5 Å². The van der Waals surface area contributed by atoms with E-state index in [2.05, 4.69) is 12.2 Å². The second-order valence-corrected chi connectivity index (χ2v) is 6.84. The lowest BCUT2D eigenvalue weighted by molar-refractivity contribution is -0.124. The van der Waals surface area contributed by atoms with Gasteiger partial charge in [0.25, 0.3) is 11.8 Å². The Hall–Kier alpha value is -2.04. The maximum atomic E-state index is 12.1. The molecule has 2 aliphatic rings. The highest BCUT2D eigenvalue weighted by molar-refractivity contribution is 5.95. The molecule has 0 spiro atoms. The zero-order valence-corrected chi connectivity index (χ0v) is 13.5. The number of ether oxygens (including phenoxy) is 1. The molecule has 2 fully saturated rings. The van der Waals surface area contributed by atoms with Crippen LogP contribution < -0.4 is 15.8 Å². The first-order valence-electron chi connectivity index (χ1n) is 8.35. The fourth-order valence-corrected chi connectivity index (χ4v) is 4.25. The third-order valence-corrected chi connectivity index (χ3v) is 5.33. The molecule has 0 saturated heterocycles. The summed E-state index contributed by atoms with van der Waals surface area (Å²) in [6, 6.07) is 6.87. The number of nitrogens with one attached hydrogen (secondary N) is 1. The largest absolute Gasteiger partial charge is 0.483 e. The van der Waals surface area contributed by atoms with Crippen molar-refractivity contribution < 1.29 is 14.3 Å². The Labute approximate surface area is 136 Å². The van der Waals surface area contributed by atoms with E-state index in [0.29, 0.717) is 17.2 Å². The second-order valence-electron chi connectivity index (χ2n) is 6.84. The molecule has 0 unspecified atom stereocenters. The third-order valence-electron chi connectivity index (χ3n) is 5.33. The Balaban J connectivity index is 1.51. The van der Waals surface area contributed by atoms with E-state index in [1.54, 1.807) is 24.3 Å². The van der Waals surface area contributed by atoms with Crippen LogP contribution in [0.25, 0.3) is 0 Å². The van der Waals surface area contributed by atoms with E-state index < -0.39 is 5.91 Å². The molecular formula is C18H24N2O3. The first-order valence-corrected chi connectivity index (χ1v) is 8.35. The summed E-state index contributed by atoms with van der Waals surface area (Å²) in [5.41, 5.74) is 5.59. The number of hydrogen-bond donors (Lipinski definition) is 2. The quantitative estimate of drug-likeness (QED) is 0.843. The number of rotatable bonds is 6. The van der Waals surface area contributed by atoms with Gasteiger partial charge in [-0.2, -0.15) is 0 Å². The summed E-state index contributed by atoms with van der Waals surface area (Å²) in [4.78, 5) is 23.5. The number of carbonyl (C=O) groups excluding carboxylic acids is 2. The average Bonchev–Trinajstić information content (AvgIpc) is 3.16. The van der Waals surface area contributed by atoms with Gasteiger partial charge in [-0.1, -0.05) is 18.6 Å². The van der Waals surface area contributed by atoms with Gasteiger partial charge >= 0.3 is 0 Å². The summed E-state index contributed by atoms with van der Waals surface area (Å²) in [6.45, 7) is 1.98. The van der Waals surface area contributed by atoms with Crippen molar-refractivity contribution >= 4 is 11.8 Å². The fraction of sp³-hybridized carbons (Fsp3) is 0.556. The van der Waals surface area contributed by atoms with E-state index in [9.17, 15) is 9.59 Å². The van der Waals surface area contributed by atoms with Crippen LogP contribution in [-0.4, -0.2) is 24.5 Å². The summed E-state index contributed by atoms with van der Waals surface area (Å²) in [5.74, 6) is 1.86. The summed E-state index contributed by atoms with van der Waals surface area (Å²) >= 11 is 0. The van der Waals surface area contributed by atoms with Crippen LogP contribution in [-0.2, 0) is 4.79 Å². The summed E-state index contributed by atoms with van der Waals surface area (Å²) < 4.78 is 5.47. The predicted molar refractivity (Wildman–Crippen MR) is 87.0 cm³/mol. The molecule has 23 heavy (non-hydrogen) atoms. The van der Waals surface area contributed by atoms with Crippen LogP contribution in [0.5, 0.6) is 5.75 Å². The molecule has 0 aliphatic heterocycles. The lowest BCUT2D eigenvalue weighted by Crippen LogP contribution is -2.42. The van der Waals surface area contributed by atoms with Crippen molar-refractivity contribution in [2.24, 2.45) is 23.5 Å². The molecule has 2 bridgehead atoms. The average molecular weight is 316 g/mol. The van der Waals surface area contributed by atoms with Crippen LogP contribution in [0.15, 0.2) is 24.3 Å². The van der Waals surface area contributed by atoms with Gasteiger partial charge in [0.15, 0.2) is 6.61 Å².